The van der Waals surface area contributed by atoms with Crippen molar-refractivity contribution < 1.29 is 14.3 Å². The van der Waals surface area contributed by atoms with E-state index in [1.165, 1.54) is 0 Å². The average Bonchev–Trinajstić information content (AvgIpc) is 3.00. The molecule has 2 rings (SSSR count). The molecule has 1 aromatic carbocycles. The van der Waals surface area contributed by atoms with Crippen LogP contribution in [0.2, 0.25) is 0 Å². The van der Waals surface area contributed by atoms with Crippen molar-refractivity contribution in [3.8, 4) is 5.75 Å². The van der Waals surface area contributed by atoms with E-state index in [4.69, 9.17) is 15.2 Å². The predicted octanol–water partition coefficient (Wildman–Crippen LogP) is 1.84. The highest BCUT2D eigenvalue weighted by molar-refractivity contribution is 5.81. The van der Waals surface area contributed by atoms with Crippen LogP contribution in [0.4, 0.5) is 0 Å². The van der Waals surface area contributed by atoms with Crippen molar-refractivity contribution in [3.05, 3.63) is 29.8 Å². The lowest BCUT2D eigenvalue weighted by molar-refractivity contribution is -0.132. The van der Waals surface area contributed by atoms with E-state index in [1.54, 1.807) is 0 Å². The molecule has 122 valence electrons. The molecule has 1 aromatic rings. The van der Waals surface area contributed by atoms with Gasteiger partial charge < -0.3 is 20.5 Å². The third kappa shape index (κ3) is 4.71. The predicted molar refractivity (Wildman–Crippen MR) is 85.6 cm³/mol. The van der Waals surface area contributed by atoms with E-state index in [1.807, 2.05) is 24.3 Å². The summed E-state index contributed by atoms with van der Waals surface area (Å²) in [6.07, 6.45) is 1.22. The van der Waals surface area contributed by atoms with Crippen LogP contribution in [0, 0.1) is 5.92 Å². The first-order valence-electron chi connectivity index (χ1n) is 7.94. The molecule has 0 bridgehead atoms. The van der Waals surface area contributed by atoms with Gasteiger partial charge in [-0.1, -0.05) is 32.0 Å². The molecule has 0 unspecified atom stereocenters. The molecule has 22 heavy (non-hydrogen) atoms. The lowest BCUT2D eigenvalue weighted by Gasteiger charge is -2.15. The molecule has 0 aliphatic carbocycles. The fourth-order valence-corrected chi connectivity index (χ4v) is 2.42. The maximum Gasteiger partial charge on any atom is 0.249 e. The summed E-state index contributed by atoms with van der Waals surface area (Å²) < 4.78 is 11.4. The van der Waals surface area contributed by atoms with Crippen molar-refractivity contribution in [1.29, 1.82) is 0 Å². The molecular weight excluding hydrogens is 280 g/mol. The Bertz CT molecular complexity index is 491. The van der Waals surface area contributed by atoms with Crippen LogP contribution in [0.5, 0.6) is 5.75 Å². The minimum Gasteiger partial charge on any atom is -0.493 e. The van der Waals surface area contributed by atoms with Gasteiger partial charge in [0, 0.05) is 18.7 Å². The number of nitrogens with one attached hydrogen (secondary N) is 1. The van der Waals surface area contributed by atoms with Gasteiger partial charge in [0.05, 0.1) is 12.7 Å². The largest absolute Gasteiger partial charge is 0.493 e. The minimum atomic E-state index is -0.378. The number of amides is 1. The lowest BCUT2D eigenvalue weighted by atomic mass is 10.1. The van der Waals surface area contributed by atoms with Gasteiger partial charge in [0.1, 0.15) is 11.9 Å². The average molecular weight is 306 g/mol. The van der Waals surface area contributed by atoms with E-state index in [-0.39, 0.29) is 18.1 Å². The maximum atomic E-state index is 12.1. The Morgan fingerprint density at radius 3 is 2.86 bits per heavy atom. The Morgan fingerprint density at radius 1 is 1.41 bits per heavy atom. The first-order valence-corrected chi connectivity index (χ1v) is 7.94. The van der Waals surface area contributed by atoms with Gasteiger partial charge in [0.25, 0.3) is 0 Å². The number of carbonyl (C=O) groups excluding carboxylic acids is 1. The van der Waals surface area contributed by atoms with Gasteiger partial charge in [-0.3, -0.25) is 4.79 Å². The fraction of sp³-hybridized carbons (Fsp3) is 0.588. The highest BCUT2D eigenvalue weighted by atomic mass is 16.5. The first-order chi connectivity index (χ1) is 10.6. The van der Waals surface area contributed by atoms with Crippen molar-refractivity contribution in [2.24, 2.45) is 11.7 Å². The SMILES string of the molecule is CC(C)COc1ccccc1CNC(=O)[C@@H]1CC[C@H](CN)O1. The van der Waals surface area contributed by atoms with Crippen LogP contribution in [-0.2, 0) is 16.1 Å². The third-order valence-corrected chi connectivity index (χ3v) is 3.66. The zero-order chi connectivity index (χ0) is 15.9. The van der Waals surface area contributed by atoms with Gasteiger partial charge in [-0.25, -0.2) is 0 Å². The standard InChI is InChI=1S/C17H26N2O3/c1-12(2)11-21-15-6-4-3-5-13(15)10-19-17(20)16-8-7-14(9-18)22-16/h3-6,12,14,16H,7-11,18H2,1-2H3,(H,19,20)/t14-,16+/m1/s1. The number of hydrogen-bond donors (Lipinski definition) is 2. The van der Waals surface area contributed by atoms with Gasteiger partial charge in [0.15, 0.2) is 0 Å². The van der Waals surface area contributed by atoms with Crippen LogP contribution >= 0.6 is 0 Å². The molecule has 1 aliphatic heterocycles. The second-order valence-corrected chi connectivity index (χ2v) is 6.09. The van der Waals surface area contributed by atoms with Crippen LogP contribution in [0.3, 0.4) is 0 Å². The Morgan fingerprint density at radius 2 is 2.18 bits per heavy atom. The summed E-state index contributed by atoms with van der Waals surface area (Å²) in [6, 6.07) is 7.78. The number of para-hydroxylation sites is 1. The molecule has 1 saturated heterocycles. The van der Waals surface area contributed by atoms with E-state index in [9.17, 15) is 4.79 Å². The summed E-state index contributed by atoms with van der Waals surface area (Å²) in [5.74, 6) is 1.21. The van der Waals surface area contributed by atoms with E-state index < -0.39 is 0 Å². The normalized spacial score (nSPS) is 21.1. The number of hydrogen-bond acceptors (Lipinski definition) is 4. The van der Waals surface area contributed by atoms with Crippen LogP contribution in [0.25, 0.3) is 0 Å². The summed E-state index contributed by atoms with van der Waals surface area (Å²) >= 11 is 0. The topological polar surface area (TPSA) is 73.6 Å². The number of ether oxygens (including phenoxy) is 2. The van der Waals surface area contributed by atoms with E-state index >= 15 is 0 Å². The highest BCUT2D eigenvalue weighted by Gasteiger charge is 2.29. The van der Waals surface area contributed by atoms with Crippen molar-refractivity contribution >= 4 is 5.91 Å². The van der Waals surface area contributed by atoms with Gasteiger partial charge in [-0.2, -0.15) is 0 Å². The molecule has 1 fully saturated rings. The van der Waals surface area contributed by atoms with Gasteiger partial charge in [-0.05, 0) is 24.8 Å². The van der Waals surface area contributed by atoms with Crippen molar-refractivity contribution in [1.82, 2.24) is 5.32 Å². The van der Waals surface area contributed by atoms with E-state index in [2.05, 4.69) is 19.2 Å². The van der Waals surface area contributed by atoms with Crippen LogP contribution in [0.1, 0.15) is 32.3 Å². The fourth-order valence-electron chi connectivity index (χ4n) is 2.42. The molecule has 1 amide bonds. The summed E-state index contributed by atoms with van der Waals surface area (Å²) in [4.78, 5) is 12.1. The Balaban J connectivity index is 1.87. The summed E-state index contributed by atoms with van der Waals surface area (Å²) in [5.41, 5.74) is 6.54. The molecule has 2 atom stereocenters. The molecule has 1 heterocycles. The molecule has 0 aromatic heterocycles. The summed E-state index contributed by atoms with van der Waals surface area (Å²) in [7, 11) is 0. The highest BCUT2D eigenvalue weighted by Crippen LogP contribution is 2.21. The molecule has 5 nitrogen and oxygen atoms in total. The Labute approximate surface area is 132 Å². The third-order valence-electron chi connectivity index (χ3n) is 3.66. The summed E-state index contributed by atoms with van der Waals surface area (Å²) in [6.45, 7) is 5.79. The molecule has 0 spiro atoms. The van der Waals surface area contributed by atoms with Crippen molar-refractivity contribution in [2.75, 3.05) is 13.2 Å². The molecule has 5 heteroatoms. The van der Waals surface area contributed by atoms with Gasteiger partial charge in [-0.15, -0.1) is 0 Å². The minimum absolute atomic E-state index is 0.0115. The number of carbonyl (C=O) groups is 1. The Kier molecular flexibility index (Phi) is 6.21. The number of nitrogens with two attached hydrogens (primary N) is 1. The summed E-state index contributed by atoms with van der Waals surface area (Å²) in [5, 5.41) is 2.93. The smallest absolute Gasteiger partial charge is 0.249 e. The molecule has 1 aliphatic rings. The molecule has 3 N–H and O–H groups in total. The maximum absolute atomic E-state index is 12.1. The second-order valence-electron chi connectivity index (χ2n) is 6.09. The van der Waals surface area contributed by atoms with Gasteiger partial charge >= 0.3 is 0 Å². The van der Waals surface area contributed by atoms with Crippen LogP contribution < -0.4 is 15.8 Å². The number of benzene rings is 1. The van der Waals surface area contributed by atoms with E-state index in [0.717, 1.165) is 24.2 Å². The quantitative estimate of drug-likeness (QED) is 0.806. The van der Waals surface area contributed by atoms with E-state index in [0.29, 0.717) is 25.6 Å². The zero-order valence-electron chi connectivity index (χ0n) is 13.4. The second kappa shape index (κ2) is 8.15. The van der Waals surface area contributed by atoms with Crippen molar-refractivity contribution in [2.45, 2.75) is 45.4 Å². The Hall–Kier alpha value is -1.59. The van der Waals surface area contributed by atoms with Gasteiger partial charge in [0.2, 0.25) is 5.91 Å². The molecular formula is C17H26N2O3. The first kappa shape index (κ1) is 16.8. The zero-order valence-corrected chi connectivity index (χ0v) is 13.4. The lowest BCUT2D eigenvalue weighted by Crippen LogP contribution is -2.35. The van der Waals surface area contributed by atoms with Crippen LogP contribution in [-0.4, -0.2) is 31.3 Å². The van der Waals surface area contributed by atoms with Crippen molar-refractivity contribution in [3.63, 3.8) is 0 Å². The molecule has 0 saturated carbocycles. The molecule has 0 radical (unpaired) electrons. The monoisotopic (exact) mass is 306 g/mol. The van der Waals surface area contributed by atoms with Crippen LogP contribution in [0.15, 0.2) is 24.3 Å². The number of rotatable bonds is 7.